The van der Waals surface area contributed by atoms with Gasteiger partial charge in [-0.15, -0.1) is 0 Å². The summed E-state index contributed by atoms with van der Waals surface area (Å²) in [7, 11) is 0. The van der Waals surface area contributed by atoms with Gasteiger partial charge in [-0.05, 0) is 25.3 Å². The lowest BCUT2D eigenvalue weighted by molar-refractivity contribution is 0.343. The van der Waals surface area contributed by atoms with Crippen LogP contribution in [-0.2, 0) is 0 Å². The maximum absolute atomic E-state index is 5.38. The van der Waals surface area contributed by atoms with Gasteiger partial charge in [-0.1, -0.05) is 0 Å². The van der Waals surface area contributed by atoms with Gasteiger partial charge in [-0.2, -0.15) is 12.6 Å². The Morgan fingerprint density at radius 1 is 1.57 bits per heavy atom. The minimum Gasteiger partial charge on any atom is -0.330 e. The first-order chi connectivity index (χ1) is 3.34. The van der Waals surface area contributed by atoms with Gasteiger partial charge in [-0.25, -0.2) is 0 Å². The highest BCUT2D eigenvalue weighted by Gasteiger charge is 2.25. The van der Waals surface area contributed by atoms with Crippen molar-refractivity contribution in [2.75, 3.05) is 6.54 Å². The van der Waals surface area contributed by atoms with Crippen molar-refractivity contribution < 1.29 is 0 Å². The minimum atomic E-state index is 0.616. The molecule has 7 heavy (non-hydrogen) atoms. The van der Waals surface area contributed by atoms with Crippen LogP contribution in [0.4, 0.5) is 0 Å². The van der Waals surface area contributed by atoms with Crippen LogP contribution in [0.5, 0.6) is 0 Å². The first-order valence-corrected chi connectivity index (χ1v) is 3.24. The Hall–Kier alpha value is 0.310. The lowest BCUT2D eigenvalue weighted by Crippen LogP contribution is -2.32. The molecule has 1 nitrogen and oxygen atoms in total. The molecule has 0 spiro atoms. The van der Waals surface area contributed by atoms with Gasteiger partial charge in [0, 0.05) is 5.25 Å². The maximum Gasteiger partial charge on any atom is 0.00572 e. The summed E-state index contributed by atoms with van der Waals surface area (Å²) in [5.41, 5.74) is 5.38. The number of nitrogens with two attached hydrogens (primary N) is 1. The molecule has 1 aliphatic carbocycles. The Balaban J connectivity index is 2.16. The van der Waals surface area contributed by atoms with E-state index in [1.54, 1.807) is 0 Å². The molecule has 2 heteroatoms. The van der Waals surface area contributed by atoms with E-state index in [0.29, 0.717) is 5.25 Å². The fourth-order valence-corrected chi connectivity index (χ4v) is 1.25. The molecule has 2 N–H and O–H groups in total. The van der Waals surface area contributed by atoms with E-state index in [9.17, 15) is 0 Å². The van der Waals surface area contributed by atoms with Gasteiger partial charge in [-0.3, -0.25) is 0 Å². The van der Waals surface area contributed by atoms with Gasteiger partial charge in [0.05, 0.1) is 0 Å². The molecule has 0 heterocycles. The summed E-state index contributed by atoms with van der Waals surface area (Å²) in [5.74, 6) is 0.725. The molecular formula is C5H11NS. The maximum atomic E-state index is 5.38. The summed E-state index contributed by atoms with van der Waals surface area (Å²) in [6.07, 6.45) is 2.57. The SMILES string of the molecule is NC[C@H]1CC[C@H]1S. The lowest BCUT2D eigenvalue weighted by atomic mass is 9.85. The topological polar surface area (TPSA) is 26.0 Å². The van der Waals surface area contributed by atoms with Gasteiger partial charge in [0.2, 0.25) is 0 Å². The molecule has 0 aromatic heterocycles. The van der Waals surface area contributed by atoms with Crippen molar-refractivity contribution >= 4 is 12.6 Å². The Morgan fingerprint density at radius 3 is 2.29 bits per heavy atom. The summed E-state index contributed by atoms with van der Waals surface area (Å²) >= 11 is 4.28. The minimum absolute atomic E-state index is 0.616. The van der Waals surface area contributed by atoms with Crippen molar-refractivity contribution in [3.05, 3.63) is 0 Å². The number of rotatable bonds is 1. The predicted octanol–water partition coefficient (Wildman–Crippen LogP) is 0.654. The summed E-state index contributed by atoms with van der Waals surface area (Å²) in [6, 6.07) is 0. The van der Waals surface area contributed by atoms with E-state index in [0.717, 1.165) is 12.5 Å². The molecule has 0 aliphatic heterocycles. The zero-order valence-corrected chi connectivity index (χ0v) is 5.20. The fraction of sp³-hybridized carbons (Fsp3) is 1.00. The Bertz CT molecular complexity index is 63.1. The van der Waals surface area contributed by atoms with Crippen molar-refractivity contribution in [3.63, 3.8) is 0 Å². The molecule has 0 aromatic rings. The third kappa shape index (κ3) is 0.916. The van der Waals surface area contributed by atoms with Crippen molar-refractivity contribution in [1.82, 2.24) is 0 Å². The number of thiol groups is 1. The van der Waals surface area contributed by atoms with Gasteiger partial charge < -0.3 is 5.73 Å². The third-order valence-corrected chi connectivity index (χ3v) is 2.36. The van der Waals surface area contributed by atoms with E-state index in [1.807, 2.05) is 0 Å². The van der Waals surface area contributed by atoms with Gasteiger partial charge in [0.1, 0.15) is 0 Å². The summed E-state index contributed by atoms with van der Waals surface area (Å²) in [5, 5.41) is 0.616. The largest absolute Gasteiger partial charge is 0.330 e. The average Bonchev–Trinajstić information content (AvgIpc) is 1.65. The van der Waals surface area contributed by atoms with Gasteiger partial charge in [0.15, 0.2) is 0 Å². The second-order valence-corrected chi connectivity index (χ2v) is 2.80. The first-order valence-electron chi connectivity index (χ1n) is 2.72. The zero-order valence-electron chi connectivity index (χ0n) is 4.30. The Kier molecular flexibility index (Phi) is 1.60. The second kappa shape index (κ2) is 2.05. The van der Waals surface area contributed by atoms with Crippen LogP contribution >= 0.6 is 12.6 Å². The molecule has 1 aliphatic rings. The first kappa shape index (κ1) is 5.45. The van der Waals surface area contributed by atoms with E-state index in [2.05, 4.69) is 12.6 Å². The molecule has 0 aromatic carbocycles. The van der Waals surface area contributed by atoms with E-state index >= 15 is 0 Å². The molecule has 0 bridgehead atoms. The van der Waals surface area contributed by atoms with Gasteiger partial charge >= 0.3 is 0 Å². The summed E-state index contributed by atoms with van der Waals surface area (Å²) < 4.78 is 0. The van der Waals surface area contributed by atoms with E-state index < -0.39 is 0 Å². The molecule has 1 rings (SSSR count). The third-order valence-electron chi connectivity index (χ3n) is 1.68. The quantitative estimate of drug-likeness (QED) is 0.485. The van der Waals surface area contributed by atoms with Crippen LogP contribution in [0.1, 0.15) is 12.8 Å². The van der Waals surface area contributed by atoms with Crippen molar-refractivity contribution in [1.29, 1.82) is 0 Å². The number of hydrogen-bond donors (Lipinski definition) is 2. The smallest absolute Gasteiger partial charge is 0.00572 e. The van der Waals surface area contributed by atoms with Crippen molar-refractivity contribution in [2.24, 2.45) is 11.7 Å². The average molecular weight is 117 g/mol. The molecule has 1 saturated carbocycles. The molecule has 0 radical (unpaired) electrons. The molecule has 0 unspecified atom stereocenters. The van der Waals surface area contributed by atoms with Crippen LogP contribution in [0.3, 0.4) is 0 Å². The Labute approximate surface area is 49.7 Å². The fourth-order valence-electron chi connectivity index (χ4n) is 0.826. The molecule has 2 atom stereocenters. The van der Waals surface area contributed by atoms with Crippen LogP contribution in [-0.4, -0.2) is 11.8 Å². The second-order valence-electron chi connectivity index (χ2n) is 2.14. The van der Waals surface area contributed by atoms with Gasteiger partial charge in [0.25, 0.3) is 0 Å². The van der Waals surface area contributed by atoms with Crippen LogP contribution in [0.2, 0.25) is 0 Å². The Morgan fingerprint density at radius 2 is 2.29 bits per heavy atom. The van der Waals surface area contributed by atoms with Crippen molar-refractivity contribution in [2.45, 2.75) is 18.1 Å². The molecule has 1 fully saturated rings. The highest BCUT2D eigenvalue weighted by molar-refractivity contribution is 7.81. The van der Waals surface area contributed by atoms with E-state index in [-0.39, 0.29) is 0 Å². The highest BCUT2D eigenvalue weighted by atomic mass is 32.1. The monoisotopic (exact) mass is 117 g/mol. The normalized spacial score (nSPS) is 40.3. The van der Waals surface area contributed by atoms with E-state index in [4.69, 9.17) is 5.73 Å². The summed E-state index contributed by atoms with van der Waals surface area (Å²) in [4.78, 5) is 0. The lowest BCUT2D eigenvalue weighted by Gasteiger charge is -2.31. The molecular weight excluding hydrogens is 106 g/mol. The molecule has 42 valence electrons. The standard InChI is InChI=1S/C5H11NS/c6-3-4-1-2-5(4)7/h4-5,7H,1-3,6H2/t4-,5-/m1/s1. The zero-order chi connectivity index (χ0) is 5.28. The van der Waals surface area contributed by atoms with E-state index in [1.165, 1.54) is 12.8 Å². The highest BCUT2D eigenvalue weighted by Crippen LogP contribution is 2.30. The van der Waals surface area contributed by atoms with Crippen LogP contribution in [0, 0.1) is 5.92 Å². The molecule has 0 saturated heterocycles. The number of hydrogen-bond acceptors (Lipinski definition) is 2. The predicted molar refractivity (Wildman–Crippen MR) is 34.6 cm³/mol. The van der Waals surface area contributed by atoms with Crippen LogP contribution in [0.25, 0.3) is 0 Å². The molecule has 0 amide bonds. The van der Waals surface area contributed by atoms with Crippen LogP contribution < -0.4 is 5.73 Å². The van der Waals surface area contributed by atoms with Crippen molar-refractivity contribution in [3.8, 4) is 0 Å². The summed E-state index contributed by atoms with van der Waals surface area (Å²) in [6.45, 7) is 0.828. The van der Waals surface area contributed by atoms with Crippen LogP contribution in [0.15, 0.2) is 0 Å².